The van der Waals surface area contributed by atoms with Crippen molar-refractivity contribution >= 4 is 23.9 Å². The van der Waals surface area contributed by atoms with E-state index in [0.717, 1.165) is 6.42 Å². The first-order chi connectivity index (χ1) is 15.9. The van der Waals surface area contributed by atoms with Crippen molar-refractivity contribution < 1.29 is 33.0 Å². The summed E-state index contributed by atoms with van der Waals surface area (Å²) in [4.78, 5) is 32.7. The summed E-state index contributed by atoms with van der Waals surface area (Å²) < 4.78 is 37.1. The Labute approximate surface area is 192 Å². The van der Waals surface area contributed by atoms with Gasteiger partial charge in [0, 0.05) is 13.0 Å². The number of carbonyl (C=O) groups excluding carboxylic acids is 2. The number of hydrogen-bond donors (Lipinski definition) is 1. The molecule has 184 valence electrons. The Morgan fingerprint density at radius 3 is 2.61 bits per heavy atom. The van der Waals surface area contributed by atoms with E-state index in [1.165, 1.54) is 4.90 Å². The summed E-state index contributed by atoms with van der Waals surface area (Å²) in [5.41, 5.74) is -0.688. The fourth-order valence-corrected chi connectivity index (χ4v) is 4.16. The van der Waals surface area contributed by atoms with Crippen molar-refractivity contribution in [3.8, 4) is 5.88 Å². The molecule has 0 spiro atoms. The molecule has 1 saturated carbocycles. The molecule has 8 nitrogen and oxygen atoms in total. The average Bonchev–Trinajstić information content (AvgIpc) is 3.58. The molecule has 1 aliphatic heterocycles. The minimum Gasteiger partial charge on any atom is -0.476 e. The Morgan fingerprint density at radius 1 is 1.33 bits per heavy atom. The fourth-order valence-electron chi connectivity index (χ4n) is 4.16. The van der Waals surface area contributed by atoms with Crippen LogP contribution >= 0.6 is 0 Å². The smallest absolute Gasteiger partial charge is 0.332 e. The molecule has 2 fully saturated rings. The van der Waals surface area contributed by atoms with Gasteiger partial charge in [0.05, 0.1) is 33.0 Å². The first kappa shape index (κ1) is 25.1. The third kappa shape index (κ3) is 5.37. The zero-order valence-electron chi connectivity index (χ0n) is 19.2. The van der Waals surface area contributed by atoms with Gasteiger partial charge in [-0.3, -0.25) is 14.1 Å². The van der Waals surface area contributed by atoms with Crippen molar-refractivity contribution in [2.24, 2.45) is 11.8 Å². The van der Waals surface area contributed by atoms with Gasteiger partial charge in [-0.1, -0.05) is 13.8 Å². The van der Waals surface area contributed by atoms with Crippen LogP contribution in [-0.2, 0) is 14.3 Å². The van der Waals surface area contributed by atoms with Crippen LogP contribution in [0, 0.1) is 11.8 Å². The predicted molar refractivity (Wildman–Crippen MR) is 119 cm³/mol. The molecule has 1 aromatic heterocycles. The monoisotopic (exact) mass is 469 g/mol. The van der Waals surface area contributed by atoms with Crippen LogP contribution in [0.15, 0.2) is 12.1 Å². The standard InChI is InChI=1S/C23H33F2N3O5/c1-3-23(4-2,22(31)32-9-5-8-24)28(15-30)20-7-6-19(27-11-18(25)12-27)21(26-20)33-14-17-10-16(17)13-29/h6-7,15-18,29H,3-5,8-14H2,1-2H3/t16-,17-/m0/s1. The van der Waals surface area contributed by atoms with Crippen molar-refractivity contribution in [1.82, 2.24) is 4.98 Å². The van der Waals surface area contributed by atoms with E-state index >= 15 is 0 Å². The Kier molecular flexibility index (Phi) is 8.45. The summed E-state index contributed by atoms with van der Waals surface area (Å²) >= 11 is 0. The summed E-state index contributed by atoms with van der Waals surface area (Å²) in [6.45, 7) is 3.77. The first-order valence-electron chi connectivity index (χ1n) is 11.6. The molecule has 1 aromatic rings. The molecule has 0 unspecified atom stereocenters. The quantitative estimate of drug-likeness (QED) is 0.254. The molecule has 10 heteroatoms. The largest absolute Gasteiger partial charge is 0.476 e. The van der Waals surface area contributed by atoms with Crippen molar-refractivity contribution in [3.05, 3.63) is 12.1 Å². The lowest BCUT2D eigenvalue weighted by molar-refractivity contribution is -0.151. The number of carbonyl (C=O) groups is 2. The zero-order chi connectivity index (χ0) is 24.0. The van der Waals surface area contributed by atoms with E-state index in [-0.39, 0.29) is 69.1 Å². The van der Waals surface area contributed by atoms with Gasteiger partial charge in [0.1, 0.15) is 23.2 Å². The van der Waals surface area contributed by atoms with Crippen LogP contribution in [0.2, 0.25) is 0 Å². The molecule has 0 radical (unpaired) electrons. The second-order valence-electron chi connectivity index (χ2n) is 8.64. The highest BCUT2D eigenvalue weighted by atomic mass is 19.1. The predicted octanol–water partition coefficient (Wildman–Crippen LogP) is 2.67. The van der Waals surface area contributed by atoms with Crippen LogP contribution in [0.1, 0.15) is 39.5 Å². The Bertz CT molecular complexity index is 817. The number of nitrogens with zero attached hydrogens (tertiary/aromatic N) is 3. The van der Waals surface area contributed by atoms with Crippen LogP contribution in [0.25, 0.3) is 0 Å². The number of hydrogen-bond acceptors (Lipinski definition) is 7. The maximum atomic E-state index is 13.5. The number of pyridine rings is 1. The van der Waals surface area contributed by atoms with Crippen molar-refractivity contribution in [2.75, 3.05) is 49.4 Å². The number of halogens is 2. The highest BCUT2D eigenvalue weighted by Gasteiger charge is 2.44. The number of alkyl halides is 2. The van der Waals surface area contributed by atoms with Crippen LogP contribution in [-0.4, -0.2) is 73.8 Å². The average molecular weight is 470 g/mol. The molecule has 0 aromatic carbocycles. The van der Waals surface area contributed by atoms with Crippen LogP contribution in [0.5, 0.6) is 5.88 Å². The minimum atomic E-state index is -1.30. The van der Waals surface area contributed by atoms with Crippen molar-refractivity contribution in [1.29, 1.82) is 0 Å². The SMILES string of the molecule is CCC(CC)(C(=O)OCCCF)N(C=O)c1ccc(N2CC(F)C2)c(OC[C@@H]2C[C@H]2CO)n1. The molecule has 1 saturated heterocycles. The number of aromatic nitrogens is 1. The molecule has 1 aliphatic carbocycles. The molecule has 2 heterocycles. The van der Waals surface area contributed by atoms with E-state index in [0.29, 0.717) is 18.7 Å². The van der Waals surface area contributed by atoms with Gasteiger partial charge in [0.15, 0.2) is 0 Å². The van der Waals surface area contributed by atoms with E-state index in [9.17, 15) is 23.5 Å². The zero-order valence-corrected chi connectivity index (χ0v) is 19.2. The van der Waals surface area contributed by atoms with Crippen molar-refractivity contribution in [3.63, 3.8) is 0 Å². The Balaban J connectivity index is 1.88. The molecule has 1 amide bonds. The lowest BCUT2D eigenvalue weighted by Gasteiger charge is -2.39. The molecule has 33 heavy (non-hydrogen) atoms. The van der Waals surface area contributed by atoms with Gasteiger partial charge in [-0.25, -0.2) is 9.18 Å². The molecule has 3 rings (SSSR count). The van der Waals surface area contributed by atoms with Gasteiger partial charge < -0.3 is 19.5 Å². The Hall–Kier alpha value is -2.49. The number of rotatable bonds is 14. The maximum absolute atomic E-state index is 13.5. The first-order valence-corrected chi connectivity index (χ1v) is 11.6. The topological polar surface area (TPSA) is 92.2 Å². The summed E-state index contributed by atoms with van der Waals surface area (Å²) in [7, 11) is 0. The van der Waals surface area contributed by atoms with E-state index in [2.05, 4.69) is 4.98 Å². The maximum Gasteiger partial charge on any atom is 0.332 e. The Morgan fingerprint density at radius 2 is 2.06 bits per heavy atom. The van der Waals surface area contributed by atoms with Gasteiger partial charge in [0.25, 0.3) is 0 Å². The molecule has 0 bridgehead atoms. The van der Waals surface area contributed by atoms with Gasteiger partial charge in [-0.05, 0) is 43.2 Å². The third-order valence-electron chi connectivity index (χ3n) is 6.62. The van der Waals surface area contributed by atoms with Gasteiger partial charge >= 0.3 is 5.97 Å². The number of ether oxygens (including phenoxy) is 2. The number of aliphatic hydroxyl groups is 1. The summed E-state index contributed by atoms with van der Waals surface area (Å²) in [6.07, 6.45) is 1.11. The lowest BCUT2D eigenvalue weighted by atomic mass is 9.90. The highest BCUT2D eigenvalue weighted by Crippen LogP contribution is 2.40. The number of anilines is 2. The van der Waals surface area contributed by atoms with Crippen LogP contribution in [0.4, 0.5) is 20.3 Å². The summed E-state index contributed by atoms with van der Waals surface area (Å²) in [5.74, 6) is 0.266. The summed E-state index contributed by atoms with van der Waals surface area (Å²) in [6, 6.07) is 3.31. The van der Waals surface area contributed by atoms with Crippen LogP contribution < -0.4 is 14.5 Å². The number of esters is 1. The molecule has 2 atom stereocenters. The fraction of sp³-hybridized carbons (Fsp3) is 0.696. The minimum absolute atomic E-state index is 0.0721. The summed E-state index contributed by atoms with van der Waals surface area (Å²) in [5, 5.41) is 9.28. The van der Waals surface area contributed by atoms with Gasteiger partial charge in [-0.2, -0.15) is 4.98 Å². The third-order valence-corrected chi connectivity index (χ3v) is 6.62. The number of aliphatic hydroxyl groups excluding tert-OH is 1. The van der Waals surface area contributed by atoms with E-state index in [4.69, 9.17) is 9.47 Å². The van der Waals surface area contributed by atoms with E-state index in [1.807, 2.05) is 0 Å². The molecule has 1 N–H and O–H groups in total. The van der Waals surface area contributed by atoms with Crippen molar-refractivity contribution in [2.45, 2.75) is 51.2 Å². The molecular weight excluding hydrogens is 436 g/mol. The molecule has 2 aliphatic rings. The molecular formula is C23H33F2N3O5. The number of amides is 1. The van der Waals surface area contributed by atoms with E-state index < -0.39 is 24.4 Å². The highest BCUT2D eigenvalue weighted by molar-refractivity contribution is 5.92. The van der Waals surface area contributed by atoms with E-state index in [1.54, 1.807) is 30.9 Å². The second kappa shape index (κ2) is 11.1. The lowest BCUT2D eigenvalue weighted by Crippen LogP contribution is -2.55. The normalized spacial score (nSPS) is 20.2. The second-order valence-corrected chi connectivity index (χ2v) is 8.64. The van der Waals surface area contributed by atoms with Gasteiger partial charge in [-0.15, -0.1) is 0 Å². The van der Waals surface area contributed by atoms with Crippen LogP contribution in [0.3, 0.4) is 0 Å². The van der Waals surface area contributed by atoms with Gasteiger partial charge in [0.2, 0.25) is 12.3 Å².